The molecular formula is C22H34ClN3O2. The predicted octanol–water partition coefficient (Wildman–Crippen LogP) is 3.99. The Labute approximate surface area is 174 Å². The van der Waals surface area contributed by atoms with Crippen LogP contribution >= 0.6 is 12.4 Å². The second kappa shape index (κ2) is 9.75. The Bertz CT molecular complexity index is 699. The minimum Gasteiger partial charge on any atom is -0.338 e. The van der Waals surface area contributed by atoms with E-state index >= 15 is 0 Å². The van der Waals surface area contributed by atoms with Crippen LogP contribution in [0.15, 0.2) is 18.2 Å². The van der Waals surface area contributed by atoms with Crippen molar-refractivity contribution in [2.45, 2.75) is 58.9 Å². The molecule has 0 spiro atoms. The number of benzene rings is 1. The molecule has 5 nitrogen and oxygen atoms in total. The summed E-state index contributed by atoms with van der Waals surface area (Å²) in [6.07, 6.45) is 4.80. The topological polar surface area (TPSA) is 75.4 Å². The molecule has 2 aliphatic rings. The Kier molecular flexibility index (Phi) is 7.90. The first-order valence-corrected chi connectivity index (χ1v) is 10.3. The zero-order valence-electron chi connectivity index (χ0n) is 17.2. The summed E-state index contributed by atoms with van der Waals surface area (Å²) in [6, 6.07) is 5.74. The molecule has 0 radical (unpaired) electrons. The number of halogens is 1. The van der Waals surface area contributed by atoms with Gasteiger partial charge in [-0.2, -0.15) is 0 Å². The van der Waals surface area contributed by atoms with Crippen molar-refractivity contribution in [3.63, 3.8) is 0 Å². The summed E-state index contributed by atoms with van der Waals surface area (Å²) >= 11 is 0. The summed E-state index contributed by atoms with van der Waals surface area (Å²) in [5.74, 6) is 1.11. The highest BCUT2D eigenvalue weighted by Crippen LogP contribution is 2.27. The van der Waals surface area contributed by atoms with E-state index in [2.05, 4.69) is 19.2 Å². The molecule has 0 bridgehead atoms. The maximum absolute atomic E-state index is 13.0. The van der Waals surface area contributed by atoms with Crippen LogP contribution in [0.25, 0.3) is 0 Å². The molecule has 28 heavy (non-hydrogen) atoms. The molecule has 156 valence electrons. The van der Waals surface area contributed by atoms with Crippen molar-refractivity contribution in [1.82, 2.24) is 4.90 Å². The van der Waals surface area contributed by atoms with Gasteiger partial charge in [0.2, 0.25) is 5.91 Å². The highest BCUT2D eigenvalue weighted by Gasteiger charge is 2.28. The summed E-state index contributed by atoms with van der Waals surface area (Å²) in [7, 11) is 0. The lowest BCUT2D eigenvalue weighted by Gasteiger charge is -2.35. The smallest absolute Gasteiger partial charge is 0.253 e. The Morgan fingerprint density at radius 1 is 1.11 bits per heavy atom. The Morgan fingerprint density at radius 3 is 2.43 bits per heavy atom. The van der Waals surface area contributed by atoms with Gasteiger partial charge < -0.3 is 16.0 Å². The average Bonchev–Trinajstić information content (AvgIpc) is 2.62. The molecule has 1 aliphatic carbocycles. The first kappa shape index (κ1) is 22.7. The third kappa shape index (κ3) is 5.48. The highest BCUT2D eigenvalue weighted by molar-refractivity contribution is 5.98. The van der Waals surface area contributed by atoms with Crippen LogP contribution < -0.4 is 11.1 Å². The molecular weight excluding hydrogens is 374 g/mol. The zero-order chi connectivity index (χ0) is 19.6. The number of nitrogens with one attached hydrogen (secondary N) is 1. The fraction of sp³-hybridized carbons (Fsp3) is 0.636. The van der Waals surface area contributed by atoms with Crippen LogP contribution in [0, 0.1) is 24.7 Å². The number of rotatable bonds is 3. The van der Waals surface area contributed by atoms with Crippen LogP contribution in [-0.2, 0) is 4.79 Å². The standard InChI is InChI=1S/C22H33N3O2.ClH/c1-14-9-15(2)13-25(12-14)22(27)18-8-7-16(3)20(11-18)24-21(26)17-5-4-6-19(23)10-17;/h7-8,11,14-15,17,19H,4-6,9-10,12-13,23H2,1-3H3,(H,24,26);1H. The number of likely N-dealkylation sites (tertiary alicyclic amines) is 1. The Morgan fingerprint density at radius 2 is 1.79 bits per heavy atom. The number of hydrogen-bond acceptors (Lipinski definition) is 3. The van der Waals surface area contributed by atoms with Crippen molar-refractivity contribution in [1.29, 1.82) is 0 Å². The maximum atomic E-state index is 13.0. The normalized spacial score (nSPS) is 27.6. The first-order valence-electron chi connectivity index (χ1n) is 10.3. The zero-order valence-corrected chi connectivity index (χ0v) is 18.1. The highest BCUT2D eigenvalue weighted by atomic mass is 35.5. The molecule has 1 aliphatic heterocycles. The van der Waals surface area contributed by atoms with Gasteiger partial charge in [0.05, 0.1) is 0 Å². The van der Waals surface area contributed by atoms with E-state index in [1.54, 1.807) is 0 Å². The third-order valence-electron chi connectivity index (χ3n) is 5.98. The quantitative estimate of drug-likeness (QED) is 0.795. The molecule has 6 heteroatoms. The fourth-order valence-electron chi connectivity index (χ4n) is 4.60. The van der Waals surface area contributed by atoms with Gasteiger partial charge in [0.25, 0.3) is 5.91 Å². The minimum atomic E-state index is -0.0312. The molecule has 1 heterocycles. The molecule has 4 atom stereocenters. The number of amides is 2. The number of anilines is 1. The van der Waals surface area contributed by atoms with Crippen molar-refractivity contribution in [2.75, 3.05) is 18.4 Å². The molecule has 3 rings (SSSR count). The lowest BCUT2D eigenvalue weighted by atomic mass is 9.85. The second-order valence-corrected chi connectivity index (χ2v) is 8.80. The number of nitrogens with zero attached hydrogens (tertiary/aromatic N) is 1. The van der Waals surface area contributed by atoms with Crippen molar-refractivity contribution in [2.24, 2.45) is 23.5 Å². The van der Waals surface area contributed by atoms with Crippen molar-refractivity contribution < 1.29 is 9.59 Å². The summed E-state index contributed by atoms with van der Waals surface area (Å²) in [5.41, 5.74) is 8.39. The van der Waals surface area contributed by atoms with E-state index in [1.165, 1.54) is 6.42 Å². The van der Waals surface area contributed by atoms with Crippen LogP contribution in [0.4, 0.5) is 5.69 Å². The molecule has 4 unspecified atom stereocenters. The van der Waals surface area contributed by atoms with E-state index in [4.69, 9.17) is 5.73 Å². The van der Waals surface area contributed by atoms with Crippen LogP contribution in [0.5, 0.6) is 0 Å². The molecule has 2 amide bonds. The molecule has 0 aromatic heterocycles. The van der Waals surface area contributed by atoms with E-state index in [1.807, 2.05) is 30.0 Å². The summed E-state index contributed by atoms with van der Waals surface area (Å²) in [4.78, 5) is 27.6. The maximum Gasteiger partial charge on any atom is 0.253 e. The van der Waals surface area contributed by atoms with Gasteiger partial charge in [0.15, 0.2) is 0 Å². The van der Waals surface area contributed by atoms with E-state index in [-0.39, 0.29) is 36.2 Å². The first-order chi connectivity index (χ1) is 12.8. The van der Waals surface area contributed by atoms with E-state index in [0.29, 0.717) is 17.4 Å². The number of piperidine rings is 1. The van der Waals surface area contributed by atoms with Gasteiger partial charge in [0.1, 0.15) is 0 Å². The van der Waals surface area contributed by atoms with Gasteiger partial charge in [-0.25, -0.2) is 0 Å². The molecule has 1 saturated carbocycles. The molecule has 1 aromatic carbocycles. The van der Waals surface area contributed by atoms with Crippen molar-refractivity contribution >= 4 is 29.9 Å². The van der Waals surface area contributed by atoms with Gasteiger partial charge in [-0.3, -0.25) is 9.59 Å². The number of carbonyl (C=O) groups excluding carboxylic acids is 2. The van der Waals surface area contributed by atoms with Crippen LogP contribution in [0.2, 0.25) is 0 Å². The molecule has 3 N–H and O–H groups in total. The molecule has 1 aromatic rings. The lowest BCUT2D eigenvalue weighted by Crippen LogP contribution is -2.42. The van der Waals surface area contributed by atoms with Crippen LogP contribution in [0.3, 0.4) is 0 Å². The minimum absolute atomic E-state index is 0. The third-order valence-corrected chi connectivity index (χ3v) is 5.98. The fourth-order valence-corrected chi connectivity index (χ4v) is 4.60. The Hall–Kier alpha value is -1.59. The van der Waals surface area contributed by atoms with Gasteiger partial charge in [-0.1, -0.05) is 26.3 Å². The van der Waals surface area contributed by atoms with E-state index in [9.17, 15) is 9.59 Å². The van der Waals surface area contributed by atoms with Gasteiger partial charge in [0, 0.05) is 36.3 Å². The van der Waals surface area contributed by atoms with E-state index < -0.39 is 0 Å². The predicted molar refractivity (Wildman–Crippen MR) is 116 cm³/mol. The lowest BCUT2D eigenvalue weighted by molar-refractivity contribution is -0.120. The monoisotopic (exact) mass is 407 g/mol. The largest absolute Gasteiger partial charge is 0.338 e. The van der Waals surface area contributed by atoms with Gasteiger partial charge >= 0.3 is 0 Å². The summed E-state index contributed by atoms with van der Waals surface area (Å²) < 4.78 is 0. The summed E-state index contributed by atoms with van der Waals surface area (Å²) in [5, 5.41) is 3.05. The number of hydrogen-bond donors (Lipinski definition) is 2. The molecule has 1 saturated heterocycles. The Balaban J connectivity index is 0.00000280. The van der Waals surface area contributed by atoms with Gasteiger partial charge in [-0.15, -0.1) is 12.4 Å². The van der Waals surface area contributed by atoms with Crippen molar-refractivity contribution in [3.8, 4) is 0 Å². The SMILES string of the molecule is Cc1ccc(C(=O)N2CC(C)CC(C)C2)cc1NC(=O)C1CCCC(N)C1.Cl. The van der Waals surface area contributed by atoms with Crippen LogP contribution in [0.1, 0.15) is 61.9 Å². The van der Waals surface area contributed by atoms with Crippen molar-refractivity contribution in [3.05, 3.63) is 29.3 Å². The summed E-state index contributed by atoms with van der Waals surface area (Å²) in [6.45, 7) is 7.97. The average molecular weight is 408 g/mol. The van der Waals surface area contributed by atoms with E-state index in [0.717, 1.165) is 50.0 Å². The second-order valence-electron chi connectivity index (χ2n) is 8.80. The van der Waals surface area contributed by atoms with Gasteiger partial charge in [-0.05, 0) is 62.1 Å². The van der Waals surface area contributed by atoms with Crippen LogP contribution in [-0.4, -0.2) is 35.8 Å². The number of nitrogens with two attached hydrogens (primary N) is 1. The number of aryl methyl sites for hydroxylation is 1. The number of carbonyl (C=O) groups is 2. The molecule has 2 fully saturated rings.